The van der Waals surface area contributed by atoms with Gasteiger partial charge in [-0.2, -0.15) is 0 Å². The summed E-state index contributed by atoms with van der Waals surface area (Å²) in [6.45, 7) is 0. The number of aromatic carboxylic acids is 1. The van der Waals surface area contributed by atoms with Crippen LogP contribution in [0.15, 0.2) is 47.8 Å². The Hall–Kier alpha value is -2.20. The highest BCUT2D eigenvalue weighted by Crippen LogP contribution is 2.34. The molecule has 0 saturated heterocycles. The van der Waals surface area contributed by atoms with Crippen LogP contribution in [0.2, 0.25) is 0 Å². The Morgan fingerprint density at radius 1 is 1.11 bits per heavy atom. The lowest BCUT2D eigenvalue weighted by Gasteiger charge is -2.06. The second-order valence-electron chi connectivity index (χ2n) is 4.14. The number of hydrogen-bond acceptors (Lipinski definition) is 2. The van der Waals surface area contributed by atoms with Crippen LogP contribution in [0.3, 0.4) is 0 Å². The number of halogens is 1. The smallest absolute Gasteiger partial charge is 0.335 e. The van der Waals surface area contributed by atoms with E-state index in [4.69, 9.17) is 5.11 Å². The average Bonchev–Trinajstić information content (AvgIpc) is 2.86. The lowest BCUT2D eigenvalue weighted by atomic mass is 10.0. The molecule has 0 fully saturated rings. The van der Waals surface area contributed by atoms with E-state index in [1.165, 1.54) is 12.1 Å². The fraction of sp³-hybridized carbons (Fsp3) is 0. The molecule has 0 radical (unpaired) electrons. The third kappa shape index (κ3) is 2.00. The zero-order chi connectivity index (χ0) is 13.4. The first-order valence-corrected chi connectivity index (χ1v) is 6.54. The number of carboxylic acids is 1. The molecule has 3 rings (SSSR count). The molecular weight excluding hydrogens is 263 g/mol. The van der Waals surface area contributed by atoms with Gasteiger partial charge in [-0.25, -0.2) is 9.18 Å². The van der Waals surface area contributed by atoms with Crippen LogP contribution in [-0.2, 0) is 0 Å². The highest BCUT2D eigenvalue weighted by atomic mass is 32.1. The van der Waals surface area contributed by atoms with Gasteiger partial charge in [0, 0.05) is 15.8 Å². The van der Waals surface area contributed by atoms with E-state index in [-0.39, 0.29) is 5.56 Å². The van der Waals surface area contributed by atoms with Gasteiger partial charge in [-0.1, -0.05) is 24.3 Å². The molecule has 0 aliphatic heterocycles. The molecule has 0 saturated carbocycles. The molecule has 0 amide bonds. The van der Waals surface area contributed by atoms with Crippen LogP contribution in [0.25, 0.3) is 21.2 Å². The molecule has 2 nitrogen and oxygen atoms in total. The van der Waals surface area contributed by atoms with Crippen molar-refractivity contribution in [3.8, 4) is 11.1 Å². The van der Waals surface area contributed by atoms with Gasteiger partial charge in [0.1, 0.15) is 5.82 Å². The van der Waals surface area contributed by atoms with Gasteiger partial charge in [-0.15, -0.1) is 11.3 Å². The molecule has 0 atom stereocenters. The van der Waals surface area contributed by atoms with Crippen LogP contribution >= 0.6 is 11.3 Å². The van der Waals surface area contributed by atoms with Crippen molar-refractivity contribution in [1.29, 1.82) is 0 Å². The zero-order valence-corrected chi connectivity index (χ0v) is 10.6. The molecule has 2 aromatic carbocycles. The van der Waals surface area contributed by atoms with Crippen LogP contribution in [0.4, 0.5) is 4.39 Å². The number of hydrogen-bond donors (Lipinski definition) is 1. The molecule has 1 N–H and O–H groups in total. The van der Waals surface area contributed by atoms with E-state index in [0.717, 1.165) is 21.7 Å². The number of carboxylic acid groups (broad SMARTS) is 1. The van der Waals surface area contributed by atoms with Gasteiger partial charge in [0.25, 0.3) is 0 Å². The normalized spacial score (nSPS) is 10.8. The molecular formula is C15H9FO2S. The number of thiophene rings is 1. The number of fused-ring (bicyclic) bond motifs is 1. The number of carbonyl (C=O) groups is 1. The average molecular weight is 272 g/mol. The van der Waals surface area contributed by atoms with Crippen molar-refractivity contribution in [2.24, 2.45) is 0 Å². The second kappa shape index (κ2) is 4.48. The Kier molecular flexibility index (Phi) is 2.80. The van der Waals surface area contributed by atoms with E-state index in [9.17, 15) is 9.18 Å². The summed E-state index contributed by atoms with van der Waals surface area (Å²) in [7, 11) is 0. The second-order valence-corrected chi connectivity index (χ2v) is 5.06. The topological polar surface area (TPSA) is 37.3 Å². The van der Waals surface area contributed by atoms with Crippen LogP contribution < -0.4 is 0 Å². The summed E-state index contributed by atoms with van der Waals surface area (Å²) < 4.78 is 15.1. The Bertz CT molecular complexity index is 777. The summed E-state index contributed by atoms with van der Waals surface area (Å²) in [5.74, 6) is -1.64. The molecule has 0 aliphatic rings. The van der Waals surface area contributed by atoms with Crippen molar-refractivity contribution in [2.45, 2.75) is 0 Å². The molecule has 4 heteroatoms. The Morgan fingerprint density at radius 3 is 2.68 bits per heavy atom. The SMILES string of the molecule is O=C(O)c1ccc(-c2cccc3ccsc23)c(F)c1. The van der Waals surface area contributed by atoms with Crippen LogP contribution in [0.5, 0.6) is 0 Å². The summed E-state index contributed by atoms with van der Waals surface area (Å²) in [4.78, 5) is 10.8. The molecule has 19 heavy (non-hydrogen) atoms. The fourth-order valence-corrected chi connectivity index (χ4v) is 3.00. The minimum absolute atomic E-state index is 0.0420. The summed E-state index contributed by atoms with van der Waals surface area (Å²) in [5, 5.41) is 11.9. The molecule has 3 aromatic rings. The van der Waals surface area contributed by atoms with E-state index in [0.29, 0.717) is 5.56 Å². The first kappa shape index (κ1) is 11.9. The number of benzene rings is 2. The molecule has 0 bridgehead atoms. The lowest BCUT2D eigenvalue weighted by molar-refractivity contribution is 0.0696. The Labute approximate surface area is 112 Å². The molecule has 0 aliphatic carbocycles. The summed E-state index contributed by atoms with van der Waals surface area (Å²) >= 11 is 1.54. The van der Waals surface area contributed by atoms with E-state index in [2.05, 4.69) is 0 Å². The molecule has 1 heterocycles. The molecule has 1 aromatic heterocycles. The van der Waals surface area contributed by atoms with E-state index < -0.39 is 11.8 Å². The van der Waals surface area contributed by atoms with Crippen LogP contribution in [-0.4, -0.2) is 11.1 Å². The monoisotopic (exact) mass is 272 g/mol. The predicted molar refractivity (Wildman–Crippen MR) is 74.2 cm³/mol. The zero-order valence-electron chi connectivity index (χ0n) is 9.76. The van der Waals surface area contributed by atoms with Crippen molar-refractivity contribution < 1.29 is 14.3 Å². The first-order valence-electron chi connectivity index (χ1n) is 5.66. The Balaban J connectivity index is 2.22. The Morgan fingerprint density at radius 2 is 1.95 bits per heavy atom. The minimum atomic E-state index is -1.13. The first-order chi connectivity index (χ1) is 9.16. The molecule has 94 valence electrons. The van der Waals surface area contributed by atoms with Gasteiger partial charge in [0.15, 0.2) is 0 Å². The maximum absolute atomic E-state index is 14.1. The van der Waals surface area contributed by atoms with E-state index in [1.807, 2.05) is 29.6 Å². The van der Waals surface area contributed by atoms with Crippen molar-refractivity contribution >= 4 is 27.4 Å². The third-order valence-corrected chi connectivity index (χ3v) is 3.95. The van der Waals surface area contributed by atoms with E-state index >= 15 is 0 Å². The quantitative estimate of drug-likeness (QED) is 0.750. The number of rotatable bonds is 2. The van der Waals surface area contributed by atoms with Crippen LogP contribution in [0, 0.1) is 5.82 Å². The van der Waals surface area contributed by atoms with Gasteiger partial charge < -0.3 is 5.11 Å². The maximum Gasteiger partial charge on any atom is 0.335 e. The summed E-state index contributed by atoms with van der Waals surface area (Å²) in [5.41, 5.74) is 1.18. The summed E-state index contributed by atoms with van der Waals surface area (Å²) in [6.07, 6.45) is 0. The fourth-order valence-electron chi connectivity index (χ4n) is 2.07. The summed E-state index contributed by atoms with van der Waals surface area (Å²) in [6, 6.07) is 11.7. The van der Waals surface area contributed by atoms with Gasteiger partial charge in [-0.3, -0.25) is 0 Å². The minimum Gasteiger partial charge on any atom is -0.478 e. The van der Waals surface area contributed by atoms with Crippen molar-refractivity contribution in [3.63, 3.8) is 0 Å². The van der Waals surface area contributed by atoms with Crippen molar-refractivity contribution in [1.82, 2.24) is 0 Å². The van der Waals surface area contributed by atoms with Gasteiger partial charge >= 0.3 is 5.97 Å². The predicted octanol–water partition coefficient (Wildman–Crippen LogP) is 4.41. The van der Waals surface area contributed by atoms with Gasteiger partial charge in [-0.05, 0) is 29.0 Å². The molecule has 0 unspecified atom stereocenters. The lowest BCUT2D eigenvalue weighted by Crippen LogP contribution is -1.97. The van der Waals surface area contributed by atoms with Crippen molar-refractivity contribution in [2.75, 3.05) is 0 Å². The third-order valence-electron chi connectivity index (χ3n) is 2.99. The van der Waals surface area contributed by atoms with Gasteiger partial charge in [0.05, 0.1) is 5.56 Å². The highest BCUT2D eigenvalue weighted by molar-refractivity contribution is 7.17. The van der Waals surface area contributed by atoms with Crippen LogP contribution in [0.1, 0.15) is 10.4 Å². The standard InChI is InChI=1S/C15H9FO2S/c16-13-8-10(15(17)18)4-5-11(13)12-3-1-2-9-6-7-19-14(9)12/h1-8H,(H,17,18). The van der Waals surface area contributed by atoms with Crippen molar-refractivity contribution in [3.05, 3.63) is 59.2 Å². The largest absolute Gasteiger partial charge is 0.478 e. The maximum atomic E-state index is 14.1. The molecule has 0 spiro atoms. The van der Waals surface area contributed by atoms with Gasteiger partial charge in [0.2, 0.25) is 0 Å². The highest BCUT2D eigenvalue weighted by Gasteiger charge is 2.12. The van der Waals surface area contributed by atoms with E-state index in [1.54, 1.807) is 11.3 Å².